The van der Waals surface area contributed by atoms with E-state index in [1.807, 2.05) is 0 Å². The van der Waals surface area contributed by atoms with Crippen molar-refractivity contribution in [1.29, 1.82) is 0 Å². The van der Waals surface area contributed by atoms with E-state index in [2.05, 4.69) is 48.3 Å². The number of aryl methyl sites for hydroxylation is 1. The summed E-state index contributed by atoms with van der Waals surface area (Å²) in [7, 11) is 0. The Hall–Kier alpha value is -0.860. The molecule has 106 valence electrons. The number of nitrogens with zero attached hydrogens (tertiary/aromatic N) is 1. The van der Waals surface area contributed by atoms with E-state index in [1.54, 1.807) is 0 Å². The maximum absolute atomic E-state index is 3.56. The minimum Gasteiger partial charge on any atom is -0.316 e. The van der Waals surface area contributed by atoms with E-state index in [-0.39, 0.29) is 0 Å². The molecular weight excluding hydrogens is 232 g/mol. The normalized spacial score (nSPS) is 17.8. The average Bonchev–Trinajstić information content (AvgIpc) is 2.44. The van der Waals surface area contributed by atoms with Crippen LogP contribution in [0.1, 0.15) is 37.3 Å². The van der Waals surface area contributed by atoms with Gasteiger partial charge < -0.3 is 5.32 Å². The monoisotopic (exact) mass is 260 g/mol. The zero-order valence-corrected chi connectivity index (χ0v) is 12.5. The van der Waals surface area contributed by atoms with Gasteiger partial charge in [0.25, 0.3) is 0 Å². The Labute approximate surface area is 118 Å². The second-order valence-electron chi connectivity index (χ2n) is 5.91. The highest BCUT2D eigenvalue weighted by Gasteiger charge is 2.18. The van der Waals surface area contributed by atoms with Gasteiger partial charge in [-0.3, -0.25) is 4.90 Å². The third-order valence-corrected chi connectivity index (χ3v) is 4.09. The van der Waals surface area contributed by atoms with E-state index in [0.717, 1.165) is 12.5 Å². The first-order chi connectivity index (χ1) is 9.28. The van der Waals surface area contributed by atoms with Gasteiger partial charge in [0, 0.05) is 6.54 Å². The highest BCUT2D eigenvalue weighted by Crippen LogP contribution is 2.18. The quantitative estimate of drug-likeness (QED) is 0.790. The van der Waals surface area contributed by atoms with Crippen molar-refractivity contribution in [3.8, 4) is 0 Å². The number of nitrogens with one attached hydrogen (secondary N) is 1. The first kappa shape index (κ1) is 14.5. The summed E-state index contributed by atoms with van der Waals surface area (Å²) in [5.41, 5.74) is 2.80. The molecule has 0 spiro atoms. The molecule has 0 atom stereocenters. The number of hydrogen-bond acceptors (Lipinski definition) is 2. The molecule has 1 fully saturated rings. The predicted octanol–water partition coefficient (Wildman–Crippen LogP) is 3.21. The summed E-state index contributed by atoms with van der Waals surface area (Å²) >= 11 is 0. The van der Waals surface area contributed by atoms with Gasteiger partial charge in [0.2, 0.25) is 0 Å². The summed E-state index contributed by atoms with van der Waals surface area (Å²) in [6.45, 7) is 10.4. The van der Waals surface area contributed by atoms with E-state index in [9.17, 15) is 0 Å². The van der Waals surface area contributed by atoms with Crippen LogP contribution in [0.4, 0.5) is 0 Å². The molecule has 1 aromatic carbocycles. The molecule has 1 saturated heterocycles. The second-order valence-corrected chi connectivity index (χ2v) is 5.91. The molecule has 2 nitrogen and oxygen atoms in total. The standard InChI is InChI=1S/C17H28N2/c1-3-10-18-13-16-8-11-19(12-9-16)14-17-6-4-15(2)5-7-17/h4-7,16,18H,3,8-14H2,1-2H3. The molecule has 0 amide bonds. The van der Waals surface area contributed by atoms with Crippen LogP contribution in [0.15, 0.2) is 24.3 Å². The molecular formula is C17H28N2. The van der Waals surface area contributed by atoms with Crippen LogP contribution in [0, 0.1) is 12.8 Å². The van der Waals surface area contributed by atoms with Gasteiger partial charge >= 0.3 is 0 Å². The fourth-order valence-electron chi connectivity index (χ4n) is 2.78. The lowest BCUT2D eigenvalue weighted by Gasteiger charge is -2.32. The third-order valence-electron chi connectivity index (χ3n) is 4.09. The van der Waals surface area contributed by atoms with Crippen molar-refractivity contribution >= 4 is 0 Å². The molecule has 1 heterocycles. The lowest BCUT2D eigenvalue weighted by molar-refractivity contribution is 0.175. The number of likely N-dealkylation sites (tertiary alicyclic amines) is 1. The van der Waals surface area contributed by atoms with Gasteiger partial charge in [-0.1, -0.05) is 36.8 Å². The summed E-state index contributed by atoms with van der Waals surface area (Å²) in [6.07, 6.45) is 3.94. The molecule has 19 heavy (non-hydrogen) atoms. The second kappa shape index (κ2) is 7.66. The van der Waals surface area contributed by atoms with Crippen LogP contribution in [0.3, 0.4) is 0 Å². The SMILES string of the molecule is CCCNCC1CCN(Cc2ccc(C)cc2)CC1. The zero-order valence-electron chi connectivity index (χ0n) is 12.5. The molecule has 1 aliphatic rings. The minimum atomic E-state index is 0.890. The van der Waals surface area contributed by atoms with Gasteiger partial charge in [-0.05, 0) is 63.8 Å². The number of benzene rings is 1. The molecule has 1 aliphatic heterocycles. The van der Waals surface area contributed by atoms with E-state index in [4.69, 9.17) is 0 Å². The van der Waals surface area contributed by atoms with Crippen LogP contribution in [0.2, 0.25) is 0 Å². The summed E-state index contributed by atoms with van der Waals surface area (Å²) in [5, 5.41) is 3.56. The van der Waals surface area contributed by atoms with Crippen LogP contribution in [0.5, 0.6) is 0 Å². The first-order valence-corrected chi connectivity index (χ1v) is 7.76. The Morgan fingerprint density at radius 1 is 1.16 bits per heavy atom. The molecule has 2 rings (SSSR count). The smallest absolute Gasteiger partial charge is 0.0233 e. The van der Waals surface area contributed by atoms with Crippen LogP contribution in [-0.4, -0.2) is 31.1 Å². The Morgan fingerprint density at radius 3 is 2.47 bits per heavy atom. The topological polar surface area (TPSA) is 15.3 Å². The van der Waals surface area contributed by atoms with E-state index < -0.39 is 0 Å². The number of hydrogen-bond donors (Lipinski definition) is 1. The van der Waals surface area contributed by atoms with Gasteiger partial charge in [-0.15, -0.1) is 0 Å². The lowest BCUT2D eigenvalue weighted by Crippen LogP contribution is -2.37. The van der Waals surface area contributed by atoms with Gasteiger partial charge in [-0.25, -0.2) is 0 Å². The van der Waals surface area contributed by atoms with Crippen molar-refractivity contribution in [3.63, 3.8) is 0 Å². The maximum Gasteiger partial charge on any atom is 0.0233 e. The molecule has 0 bridgehead atoms. The summed E-state index contributed by atoms with van der Waals surface area (Å²) < 4.78 is 0. The highest BCUT2D eigenvalue weighted by atomic mass is 15.1. The van der Waals surface area contributed by atoms with Crippen LogP contribution in [-0.2, 0) is 6.54 Å². The largest absolute Gasteiger partial charge is 0.316 e. The van der Waals surface area contributed by atoms with E-state index >= 15 is 0 Å². The Bertz CT molecular complexity index is 350. The van der Waals surface area contributed by atoms with Crippen molar-refractivity contribution in [1.82, 2.24) is 10.2 Å². The van der Waals surface area contributed by atoms with Gasteiger partial charge in [-0.2, -0.15) is 0 Å². The van der Waals surface area contributed by atoms with Crippen LogP contribution >= 0.6 is 0 Å². The Balaban J connectivity index is 1.69. The first-order valence-electron chi connectivity index (χ1n) is 7.76. The molecule has 0 radical (unpaired) electrons. The molecule has 0 aliphatic carbocycles. The highest BCUT2D eigenvalue weighted by molar-refractivity contribution is 5.21. The summed E-state index contributed by atoms with van der Waals surface area (Å²) in [4.78, 5) is 2.60. The fraction of sp³-hybridized carbons (Fsp3) is 0.647. The van der Waals surface area contributed by atoms with Crippen molar-refractivity contribution < 1.29 is 0 Å². The predicted molar refractivity (Wildman–Crippen MR) is 82.3 cm³/mol. The molecule has 0 unspecified atom stereocenters. The van der Waals surface area contributed by atoms with Gasteiger partial charge in [0.1, 0.15) is 0 Å². The van der Waals surface area contributed by atoms with Crippen LogP contribution in [0.25, 0.3) is 0 Å². The third kappa shape index (κ3) is 4.96. The van der Waals surface area contributed by atoms with Gasteiger partial charge in [0.15, 0.2) is 0 Å². The van der Waals surface area contributed by atoms with Crippen molar-refractivity contribution in [2.45, 2.75) is 39.7 Å². The fourth-order valence-corrected chi connectivity index (χ4v) is 2.78. The van der Waals surface area contributed by atoms with Gasteiger partial charge in [0.05, 0.1) is 0 Å². The average molecular weight is 260 g/mol. The van der Waals surface area contributed by atoms with Crippen molar-refractivity contribution in [3.05, 3.63) is 35.4 Å². The molecule has 0 saturated carbocycles. The van der Waals surface area contributed by atoms with E-state index in [0.29, 0.717) is 0 Å². The molecule has 2 heteroatoms. The Kier molecular flexibility index (Phi) is 5.87. The zero-order chi connectivity index (χ0) is 13.5. The molecule has 1 N–H and O–H groups in total. The minimum absolute atomic E-state index is 0.890. The maximum atomic E-state index is 3.56. The van der Waals surface area contributed by atoms with Crippen LogP contribution < -0.4 is 5.32 Å². The Morgan fingerprint density at radius 2 is 1.84 bits per heavy atom. The number of rotatable bonds is 6. The summed E-state index contributed by atoms with van der Waals surface area (Å²) in [5.74, 6) is 0.890. The van der Waals surface area contributed by atoms with Crippen molar-refractivity contribution in [2.75, 3.05) is 26.2 Å². The lowest BCUT2D eigenvalue weighted by atomic mass is 9.96. The molecule has 1 aromatic rings. The van der Waals surface area contributed by atoms with Crippen molar-refractivity contribution in [2.24, 2.45) is 5.92 Å². The number of piperidine rings is 1. The van der Waals surface area contributed by atoms with E-state index in [1.165, 1.54) is 56.6 Å². The summed E-state index contributed by atoms with van der Waals surface area (Å²) in [6, 6.07) is 8.97. The molecule has 0 aromatic heterocycles.